The molecule has 7 nitrogen and oxygen atoms in total. The predicted octanol–water partition coefficient (Wildman–Crippen LogP) is 2.32. The van der Waals surface area contributed by atoms with Crippen molar-refractivity contribution in [3.05, 3.63) is 34.0 Å². The summed E-state index contributed by atoms with van der Waals surface area (Å²) in [5.41, 5.74) is 1.28. The number of aromatic nitrogens is 3. The van der Waals surface area contributed by atoms with Gasteiger partial charge in [-0.25, -0.2) is 4.98 Å². The van der Waals surface area contributed by atoms with E-state index in [1.54, 1.807) is 13.2 Å². The number of carbonyl (C=O) groups excluding carboxylic acids is 1. The van der Waals surface area contributed by atoms with Crippen molar-refractivity contribution >= 4 is 29.7 Å². The summed E-state index contributed by atoms with van der Waals surface area (Å²) in [4.78, 5) is 16.7. The van der Waals surface area contributed by atoms with Crippen molar-refractivity contribution in [2.75, 3.05) is 20.2 Å². The Morgan fingerprint density at radius 3 is 3.16 bits per heavy atom. The molecule has 0 bridgehead atoms. The quantitative estimate of drug-likeness (QED) is 0.797. The fourth-order valence-electron chi connectivity index (χ4n) is 2.67. The highest BCUT2D eigenvalue weighted by Crippen LogP contribution is 2.20. The van der Waals surface area contributed by atoms with Crippen LogP contribution in [0.25, 0.3) is 0 Å². The van der Waals surface area contributed by atoms with Crippen molar-refractivity contribution in [3.63, 3.8) is 0 Å². The van der Waals surface area contributed by atoms with E-state index in [9.17, 15) is 4.79 Å². The first-order valence-corrected chi connectivity index (χ1v) is 9.06. The number of nitrogens with zero attached hydrogens (tertiary/aromatic N) is 3. The second-order valence-corrected chi connectivity index (χ2v) is 6.81. The minimum absolute atomic E-state index is 0. The van der Waals surface area contributed by atoms with Gasteiger partial charge in [-0.3, -0.25) is 9.48 Å². The molecular formula is C16H24ClN5O2S. The zero-order valence-electron chi connectivity index (χ0n) is 14.4. The van der Waals surface area contributed by atoms with Crippen molar-refractivity contribution in [2.45, 2.75) is 38.5 Å². The first-order valence-electron chi connectivity index (χ1n) is 8.18. The van der Waals surface area contributed by atoms with Crippen molar-refractivity contribution < 1.29 is 9.53 Å². The van der Waals surface area contributed by atoms with Crippen LogP contribution in [0.5, 0.6) is 0 Å². The van der Waals surface area contributed by atoms with Gasteiger partial charge in [-0.1, -0.05) is 0 Å². The first kappa shape index (κ1) is 19.8. The number of carbonyl (C=O) groups is 1. The molecule has 2 aromatic heterocycles. The number of hydrogen-bond donors (Lipinski definition) is 2. The van der Waals surface area contributed by atoms with Crippen LogP contribution in [0.4, 0.5) is 0 Å². The maximum Gasteiger partial charge on any atom is 0.272 e. The zero-order valence-corrected chi connectivity index (χ0v) is 16.0. The molecule has 9 heteroatoms. The summed E-state index contributed by atoms with van der Waals surface area (Å²) >= 11 is 1.54. The van der Waals surface area contributed by atoms with Gasteiger partial charge in [0.2, 0.25) is 0 Å². The molecule has 3 rings (SSSR count). The molecule has 3 heterocycles. The van der Waals surface area contributed by atoms with Crippen LogP contribution in [-0.2, 0) is 11.3 Å². The van der Waals surface area contributed by atoms with Gasteiger partial charge >= 0.3 is 0 Å². The average Bonchev–Trinajstić information content (AvgIpc) is 3.29. The predicted molar refractivity (Wildman–Crippen MR) is 99.3 cm³/mol. The van der Waals surface area contributed by atoms with E-state index in [0.29, 0.717) is 18.3 Å². The topological polar surface area (TPSA) is 81.1 Å². The van der Waals surface area contributed by atoms with Crippen molar-refractivity contribution in [1.29, 1.82) is 0 Å². The van der Waals surface area contributed by atoms with Crippen LogP contribution in [0.1, 0.15) is 53.1 Å². The monoisotopic (exact) mass is 385 g/mol. The van der Waals surface area contributed by atoms with E-state index in [-0.39, 0.29) is 24.4 Å². The molecule has 1 amide bonds. The summed E-state index contributed by atoms with van der Waals surface area (Å²) in [5.74, 6) is -0.174. The molecule has 0 aliphatic carbocycles. The maximum absolute atomic E-state index is 12.3. The molecule has 0 radical (unpaired) electrons. The number of amides is 1. The van der Waals surface area contributed by atoms with Crippen LogP contribution in [0, 0.1) is 0 Å². The third-order valence-electron chi connectivity index (χ3n) is 4.19. The van der Waals surface area contributed by atoms with Gasteiger partial charge < -0.3 is 15.4 Å². The molecule has 2 atom stereocenters. The SMILES string of the molecule is COC(C)c1nc(CNC(=O)c2ccn(C3CCCNC3)n2)cs1.Cl. The summed E-state index contributed by atoms with van der Waals surface area (Å²) < 4.78 is 7.14. The lowest BCUT2D eigenvalue weighted by Crippen LogP contribution is -2.32. The van der Waals surface area contributed by atoms with Crippen molar-refractivity contribution in [2.24, 2.45) is 0 Å². The average molecular weight is 386 g/mol. The number of hydrogen-bond acceptors (Lipinski definition) is 6. The molecule has 1 saturated heterocycles. The largest absolute Gasteiger partial charge is 0.375 e. The van der Waals surface area contributed by atoms with Crippen LogP contribution >= 0.6 is 23.7 Å². The number of methoxy groups -OCH3 is 1. The standard InChI is InChI=1S/C16H23N5O2S.ClH/c1-11(23-2)16-19-12(10-24-16)8-18-15(22)14-5-7-21(20-14)13-4-3-6-17-9-13;/h5,7,10-11,13,17H,3-4,6,8-9H2,1-2H3,(H,18,22);1H. The minimum Gasteiger partial charge on any atom is -0.375 e. The van der Waals surface area contributed by atoms with E-state index in [2.05, 4.69) is 20.7 Å². The molecule has 2 N–H and O–H groups in total. The zero-order chi connectivity index (χ0) is 16.9. The summed E-state index contributed by atoms with van der Waals surface area (Å²) in [7, 11) is 1.66. The van der Waals surface area contributed by atoms with Gasteiger partial charge in [0, 0.05) is 25.2 Å². The van der Waals surface area contributed by atoms with Gasteiger partial charge in [0.25, 0.3) is 5.91 Å². The molecule has 0 spiro atoms. The molecule has 1 aliphatic heterocycles. The molecule has 1 fully saturated rings. The normalized spacial score (nSPS) is 18.4. The van der Waals surface area contributed by atoms with Gasteiger partial charge in [0.1, 0.15) is 16.8 Å². The Kier molecular flexibility index (Phi) is 7.37. The number of piperidine rings is 1. The van der Waals surface area contributed by atoms with Crippen LogP contribution < -0.4 is 10.6 Å². The van der Waals surface area contributed by atoms with E-state index in [1.165, 1.54) is 11.3 Å². The number of thiazole rings is 1. The second kappa shape index (κ2) is 9.28. The Morgan fingerprint density at radius 2 is 2.44 bits per heavy atom. The molecule has 25 heavy (non-hydrogen) atoms. The smallest absolute Gasteiger partial charge is 0.272 e. The van der Waals surface area contributed by atoms with Crippen LogP contribution in [-0.4, -0.2) is 40.9 Å². The van der Waals surface area contributed by atoms with Gasteiger partial charge in [0.15, 0.2) is 0 Å². The highest BCUT2D eigenvalue weighted by Gasteiger charge is 2.18. The lowest BCUT2D eigenvalue weighted by atomic mass is 10.1. The first-order chi connectivity index (χ1) is 11.7. The van der Waals surface area contributed by atoms with E-state index in [1.807, 2.05) is 23.2 Å². The highest BCUT2D eigenvalue weighted by molar-refractivity contribution is 7.09. The second-order valence-electron chi connectivity index (χ2n) is 5.92. The summed E-state index contributed by atoms with van der Waals surface area (Å²) in [6, 6.07) is 2.10. The van der Waals surface area contributed by atoms with Crippen LogP contribution in [0.15, 0.2) is 17.6 Å². The third kappa shape index (κ3) is 5.01. The lowest BCUT2D eigenvalue weighted by molar-refractivity contribution is 0.0944. The van der Waals surface area contributed by atoms with Gasteiger partial charge in [-0.05, 0) is 32.4 Å². The Balaban J connectivity index is 0.00000225. The number of rotatable bonds is 6. The van der Waals surface area contributed by atoms with Gasteiger partial charge in [-0.2, -0.15) is 5.10 Å². The molecule has 2 unspecified atom stereocenters. The Morgan fingerprint density at radius 1 is 1.60 bits per heavy atom. The summed E-state index contributed by atoms with van der Waals surface area (Å²) in [6.07, 6.45) is 4.08. The molecular weight excluding hydrogens is 362 g/mol. The molecule has 2 aromatic rings. The number of nitrogens with one attached hydrogen (secondary N) is 2. The molecule has 0 aromatic carbocycles. The van der Waals surface area contributed by atoms with E-state index < -0.39 is 0 Å². The highest BCUT2D eigenvalue weighted by atomic mass is 35.5. The molecule has 138 valence electrons. The minimum atomic E-state index is -0.174. The summed E-state index contributed by atoms with van der Waals surface area (Å²) in [5, 5.41) is 13.5. The van der Waals surface area contributed by atoms with Crippen LogP contribution in [0.3, 0.4) is 0 Å². The van der Waals surface area contributed by atoms with Crippen molar-refractivity contribution in [3.8, 4) is 0 Å². The molecule has 1 aliphatic rings. The third-order valence-corrected chi connectivity index (χ3v) is 5.24. The Bertz CT molecular complexity index is 684. The van der Waals surface area contributed by atoms with Crippen molar-refractivity contribution in [1.82, 2.24) is 25.4 Å². The maximum atomic E-state index is 12.3. The fourth-order valence-corrected chi connectivity index (χ4v) is 3.53. The lowest BCUT2D eigenvalue weighted by Gasteiger charge is -2.22. The van der Waals surface area contributed by atoms with E-state index >= 15 is 0 Å². The van der Waals surface area contributed by atoms with E-state index in [4.69, 9.17) is 4.74 Å². The van der Waals surface area contributed by atoms with E-state index in [0.717, 1.165) is 36.6 Å². The Hall–Kier alpha value is -1.48. The molecule has 0 saturated carbocycles. The fraction of sp³-hybridized carbons (Fsp3) is 0.562. The number of ether oxygens (including phenoxy) is 1. The Labute approximate surface area is 157 Å². The number of halogens is 1. The van der Waals surface area contributed by atoms with Gasteiger partial charge in [0.05, 0.1) is 18.3 Å². The van der Waals surface area contributed by atoms with Crippen LogP contribution in [0.2, 0.25) is 0 Å². The van der Waals surface area contributed by atoms with Gasteiger partial charge in [-0.15, -0.1) is 23.7 Å². The summed E-state index contributed by atoms with van der Waals surface area (Å²) in [6.45, 7) is 4.31.